The molecule has 0 fully saturated rings. The smallest absolute Gasteiger partial charge is 0.418 e. The summed E-state index contributed by atoms with van der Waals surface area (Å²) in [6, 6.07) is 13.9. The van der Waals surface area contributed by atoms with Crippen LogP contribution in [0.1, 0.15) is 53.4 Å². The van der Waals surface area contributed by atoms with Crippen molar-refractivity contribution in [3.05, 3.63) is 83.3 Å². The molecule has 0 radical (unpaired) electrons. The Morgan fingerprint density at radius 1 is 1.00 bits per heavy atom. The van der Waals surface area contributed by atoms with Gasteiger partial charge < -0.3 is 15.1 Å². The number of anilines is 2. The van der Waals surface area contributed by atoms with Crippen molar-refractivity contribution in [1.82, 2.24) is 0 Å². The summed E-state index contributed by atoms with van der Waals surface area (Å²) in [6.45, 7) is 4.16. The largest absolute Gasteiger partial charge is 0.459 e. The molecule has 0 aliphatic heterocycles. The second kappa shape index (κ2) is 9.72. The van der Waals surface area contributed by atoms with E-state index in [1.165, 1.54) is 30.0 Å². The molecule has 168 valence electrons. The van der Waals surface area contributed by atoms with Crippen LogP contribution in [0.5, 0.6) is 0 Å². The molecular formula is C24H23F3N2O3. The minimum atomic E-state index is -4.72. The van der Waals surface area contributed by atoms with Crippen molar-refractivity contribution >= 4 is 23.2 Å². The van der Waals surface area contributed by atoms with Crippen LogP contribution in [0, 0.1) is 0 Å². The summed E-state index contributed by atoms with van der Waals surface area (Å²) in [4.78, 5) is 24.3. The number of rotatable bonds is 7. The van der Waals surface area contributed by atoms with E-state index in [1.807, 2.05) is 24.3 Å². The first kappa shape index (κ1) is 23.1. The monoisotopic (exact) mass is 444 g/mol. The van der Waals surface area contributed by atoms with Crippen molar-refractivity contribution in [3.63, 3.8) is 0 Å². The first-order valence-electron chi connectivity index (χ1n) is 10.1. The molecule has 2 aromatic carbocycles. The lowest BCUT2D eigenvalue weighted by molar-refractivity contribution is -0.136. The van der Waals surface area contributed by atoms with Crippen LogP contribution in [0.3, 0.4) is 0 Å². The molecule has 0 aliphatic rings. The van der Waals surface area contributed by atoms with Crippen molar-refractivity contribution in [1.29, 1.82) is 0 Å². The van der Waals surface area contributed by atoms with Crippen molar-refractivity contribution < 1.29 is 27.2 Å². The zero-order valence-electron chi connectivity index (χ0n) is 17.6. The molecule has 3 rings (SSSR count). The molecule has 1 heterocycles. The fourth-order valence-electron chi connectivity index (χ4n) is 3.11. The zero-order chi connectivity index (χ0) is 23.3. The van der Waals surface area contributed by atoms with Gasteiger partial charge in [0.15, 0.2) is 5.76 Å². The van der Waals surface area contributed by atoms with Gasteiger partial charge in [-0.05, 0) is 53.8 Å². The number of alkyl halides is 3. The lowest BCUT2D eigenvalue weighted by atomic mass is 10.0. The summed E-state index contributed by atoms with van der Waals surface area (Å²) in [6.07, 6.45) is -2.99. The number of hydrogen-bond acceptors (Lipinski definition) is 3. The van der Waals surface area contributed by atoms with Crippen LogP contribution in [-0.4, -0.2) is 11.8 Å². The van der Waals surface area contributed by atoms with Gasteiger partial charge in [0.2, 0.25) is 5.91 Å². The van der Waals surface area contributed by atoms with Crippen molar-refractivity contribution in [2.45, 2.75) is 38.8 Å². The molecule has 2 N–H and O–H groups in total. The van der Waals surface area contributed by atoms with Gasteiger partial charge in [-0.15, -0.1) is 0 Å². The third kappa shape index (κ3) is 6.00. The number of aryl methyl sites for hydroxylation is 1. The lowest BCUT2D eigenvalue weighted by Crippen LogP contribution is -2.18. The van der Waals surface area contributed by atoms with Gasteiger partial charge in [0, 0.05) is 12.1 Å². The first-order valence-corrected chi connectivity index (χ1v) is 10.1. The van der Waals surface area contributed by atoms with E-state index >= 15 is 0 Å². The Labute approximate surface area is 183 Å². The number of furan rings is 1. The predicted octanol–water partition coefficient (Wildman–Crippen LogP) is 6.25. The second-order valence-electron chi connectivity index (χ2n) is 7.63. The van der Waals surface area contributed by atoms with Gasteiger partial charge >= 0.3 is 6.18 Å². The quantitative estimate of drug-likeness (QED) is 0.453. The van der Waals surface area contributed by atoms with Crippen LogP contribution in [0.4, 0.5) is 24.5 Å². The average Bonchev–Trinajstić information content (AvgIpc) is 3.28. The van der Waals surface area contributed by atoms with Gasteiger partial charge in [-0.1, -0.05) is 38.1 Å². The third-order valence-electron chi connectivity index (χ3n) is 4.89. The van der Waals surface area contributed by atoms with E-state index in [1.54, 1.807) is 0 Å². The highest BCUT2D eigenvalue weighted by Crippen LogP contribution is 2.36. The maximum atomic E-state index is 13.6. The molecule has 8 heteroatoms. The summed E-state index contributed by atoms with van der Waals surface area (Å²) < 4.78 is 45.6. The zero-order valence-corrected chi connectivity index (χ0v) is 17.6. The molecule has 1 aromatic heterocycles. The van der Waals surface area contributed by atoms with E-state index in [0.29, 0.717) is 12.3 Å². The maximum Gasteiger partial charge on any atom is 0.418 e. The number of halogens is 3. The van der Waals surface area contributed by atoms with E-state index in [9.17, 15) is 22.8 Å². The second-order valence-corrected chi connectivity index (χ2v) is 7.63. The van der Waals surface area contributed by atoms with Gasteiger partial charge in [-0.2, -0.15) is 13.2 Å². The van der Waals surface area contributed by atoms with Crippen molar-refractivity contribution in [3.8, 4) is 0 Å². The topological polar surface area (TPSA) is 71.3 Å². The molecule has 0 spiro atoms. The fourth-order valence-corrected chi connectivity index (χ4v) is 3.11. The Kier molecular flexibility index (Phi) is 7.02. The van der Waals surface area contributed by atoms with Gasteiger partial charge in [0.25, 0.3) is 5.91 Å². The minimum absolute atomic E-state index is 0.0302. The molecule has 32 heavy (non-hydrogen) atoms. The number of benzene rings is 2. The third-order valence-corrected chi connectivity index (χ3v) is 4.89. The first-order chi connectivity index (χ1) is 15.1. The van der Waals surface area contributed by atoms with E-state index < -0.39 is 23.6 Å². The minimum Gasteiger partial charge on any atom is -0.459 e. The van der Waals surface area contributed by atoms with E-state index in [0.717, 1.165) is 17.7 Å². The Morgan fingerprint density at radius 2 is 1.72 bits per heavy atom. The van der Waals surface area contributed by atoms with Crippen LogP contribution in [0.2, 0.25) is 0 Å². The summed E-state index contributed by atoms with van der Waals surface area (Å²) >= 11 is 0. The van der Waals surface area contributed by atoms with Gasteiger partial charge in [-0.25, -0.2) is 0 Å². The molecule has 0 bridgehead atoms. The number of carbonyl (C=O) groups excluding carboxylic acids is 2. The van der Waals surface area contributed by atoms with Crippen molar-refractivity contribution in [2.75, 3.05) is 10.6 Å². The van der Waals surface area contributed by atoms with Crippen molar-refractivity contribution in [2.24, 2.45) is 0 Å². The highest BCUT2D eigenvalue weighted by Gasteiger charge is 2.34. The molecule has 0 unspecified atom stereocenters. The van der Waals surface area contributed by atoms with E-state index in [-0.39, 0.29) is 23.6 Å². The Hall–Kier alpha value is -3.55. The normalized spacial score (nSPS) is 11.4. The highest BCUT2D eigenvalue weighted by molar-refractivity contribution is 6.02. The van der Waals surface area contributed by atoms with Crippen LogP contribution in [-0.2, 0) is 17.4 Å². The molecule has 5 nitrogen and oxygen atoms in total. The molecule has 0 atom stereocenters. The standard InChI is InChI=1S/C24H23F3N2O3/c1-15(2)17-8-5-16(6-9-17)7-12-22(30)29-20-11-10-18(14-19(20)24(25,26)27)28-23(31)21-4-3-13-32-21/h3-6,8-11,13-15H,7,12H2,1-2H3,(H,28,31)(H,29,30). The molecular weight excluding hydrogens is 421 g/mol. The number of nitrogens with one attached hydrogen (secondary N) is 2. The molecule has 2 amide bonds. The maximum absolute atomic E-state index is 13.6. The molecule has 0 saturated carbocycles. The van der Waals surface area contributed by atoms with Gasteiger partial charge in [0.05, 0.1) is 17.5 Å². The SMILES string of the molecule is CC(C)c1ccc(CCC(=O)Nc2ccc(NC(=O)c3ccco3)cc2C(F)(F)F)cc1. The number of hydrogen-bond donors (Lipinski definition) is 2. The Balaban J connectivity index is 1.68. The molecule has 0 aliphatic carbocycles. The van der Waals surface area contributed by atoms with E-state index in [4.69, 9.17) is 4.42 Å². The Morgan fingerprint density at radius 3 is 2.31 bits per heavy atom. The van der Waals surface area contributed by atoms with E-state index in [2.05, 4.69) is 24.5 Å². The van der Waals surface area contributed by atoms with Crippen LogP contribution in [0.15, 0.2) is 65.3 Å². The fraction of sp³-hybridized carbons (Fsp3) is 0.250. The summed E-state index contributed by atoms with van der Waals surface area (Å²) in [7, 11) is 0. The average molecular weight is 444 g/mol. The summed E-state index contributed by atoms with van der Waals surface area (Å²) in [5.41, 5.74) is 0.615. The van der Waals surface area contributed by atoms with Gasteiger partial charge in [0.1, 0.15) is 0 Å². The lowest BCUT2D eigenvalue weighted by Gasteiger charge is -2.16. The van der Waals surface area contributed by atoms with Gasteiger partial charge in [-0.3, -0.25) is 9.59 Å². The number of amides is 2. The molecule has 3 aromatic rings. The number of carbonyl (C=O) groups is 2. The summed E-state index contributed by atoms with van der Waals surface area (Å²) in [5.74, 6) is -0.850. The van der Waals surface area contributed by atoms with Crippen LogP contribution < -0.4 is 10.6 Å². The van der Waals surface area contributed by atoms with Crippen LogP contribution in [0.25, 0.3) is 0 Å². The molecule has 0 saturated heterocycles. The van der Waals surface area contributed by atoms with Crippen LogP contribution >= 0.6 is 0 Å². The summed E-state index contributed by atoms with van der Waals surface area (Å²) in [5, 5.41) is 4.69. The predicted molar refractivity (Wildman–Crippen MR) is 116 cm³/mol. The highest BCUT2D eigenvalue weighted by atomic mass is 19.4. The Bertz CT molecular complexity index is 1070.